The first-order valence-corrected chi connectivity index (χ1v) is 7.76. The molecule has 0 bridgehead atoms. The van der Waals surface area contributed by atoms with Crippen LogP contribution in [0.3, 0.4) is 0 Å². The molecule has 0 aromatic heterocycles. The average molecular weight is 327 g/mol. The standard InChI is InChI=1S/C19H21NO4/c1-4-17(24-16-11-5-13(2)6-12-16)18(21)20-15-9-7-14(8-10-15)19(22)23-3/h5-12,17H,4H2,1-3H3,(H,20,21)/t17-/m0/s1. The molecular weight excluding hydrogens is 306 g/mol. The largest absolute Gasteiger partial charge is 0.481 e. The van der Waals surface area contributed by atoms with Gasteiger partial charge >= 0.3 is 5.97 Å². The number of hydrogen-bond donors (Lipinski definition) is 1. The van der Waals surface area contributed by atoms with Crippen LogP contribution in [0.15, 0.2) is 48.5 Å². The van der Waals surface area contributed by atoms with Crippen molar-refractivity contribution in [1.29, 1.82) is 0 Å². The number of amides is 1. The quantitative estimate of drug-likeness (QED) is 0.824. The van der Waals surface area contributed by atoms with Gasteiger partial charge in [0.1, 0.15) is 5.75 Å². The first kappa shape index (κ1) is 17.5. The fourth-order valence-electron chi connectivity index (χ4n) is 2.13. The maximum absolute atomic E-state index is 12.4. The predicted molar refractivity (Wildman–Crippen MR) is 92.3 cm³/mol. The van der Waals surface area contributed by atoms with E-state index >= 15 is 0 Å². The highest BCUT2D eigenvalue weighted by Gasteiger charge is 2.18. The molecule has 0 saturated heterocycles. The number of anilines is 1. The zero-order valence-electron chi connectivity index (χ0n) is 14.0. The van der Waals surface area contributed by atoms with E-state index in [-0.39, 0.29) is 5.91 Å². The monoisotopic (exact) mass is 327 g/mol. The Hall–Kier alpha value is -2.82. The fraction of sp³-hybridized carbons (Fsp3) is 0.263. The lowest BCUT2D eigenvalue weighted by Crippen LogP contribution is -2.32. The van der Waals surface area contributed by atoms with Gasteiger partial charge in [-0.25, -0.2) is 4.79 Å². The molecule has 1 amide bonds. The van der Waals surface area contributed by atoms with E-state index in [1.807, 2.05) is 38.1 Å². The number of nitrogens with one attached hydrogen (secondary N) is 1. The van der Waals surface area contributed by atoms with Gasteiger partial charge in [0, 0.05) is 5.69 Å². The maximum atomic E-state index is 12.4. The Morgan fingerprint density at radius 2 is 1.67 bits per heavy atom. The summed E-state index contributed by atoms with van der Waals surface area (Å²) < 4.78 is 10.4. The molecule has 0 fully saturated rings. The minimum Gasteiger partial charge on any atom is -0.481 e. The number of carbonyl (C=O) groups is 2. The predicted octanol–water partition coefficient (Wildman–Crippen LogP) is 3.58. The molecule has 1 atom stereocenters. The van der Waals surface area contributed by atoms with Crippen LogP contribution < -0.4 is 10.1 Å². The lowest BCUT2D eigenvalue weighted by Gasteiger charge is -2.17. The van der Waals surface area contributed by atoms with E-state index in [4.69, 9.17) is 4.74 Å². The second-order valence-corrected chi connectivity index (χ2v) is 5.39. The second kappa shape index (κ2) is 8.15. The summed E-state index contributed by atoms with van der Waals surface area (Å²) in [5.74, 6) is 0.00884. The topological polar surface area (TPSA) is 64.6 Å². The maximum Gasteiger partial charge on any atom is 0.337 e. The summed E-state index contributed by atoms with van der Waals surface area (Å²) in [5, 5.41) is 2.79. The molecule has 0 aliphatic rings. The van der Waals surface area contributed by atoms with Crippen LogP contribution in [0.4, 0.5) is 5.69 Å². The first-order valence-electron chi connectivity index (χ1n) is 7.76. The zero-order valence-corrected chi connectivity index (χ0v) is 14.0. The second-order valence-electron chi connectivity index (χ2n) is 5.39. The summed E-state index contributed by atoms with van der Waals surface area (Å²) in [5.41, 5.74) is 2.16. The molecule has 5 heteroatoms. The molecule has 0 saturated carbocycles. The van der Waals surface area contributed by atoms with E-state index in [9.17, 15) is 9.59 Å². The third-order valence-corrected chi connectivity index (χ3v) is 3.54. The van der Waals surface area contributed by atoms with Crippen molar-refractivity contribution in [3.05, 3.63) is 59.7 Å². The number of aryl methyl sites for hydroxylation is 1. The Kier molecular flexibility index (Phi) is 5.95. The minimum absolute atomic E-state index is 0.233. The molecule has 0 spiro atoms. The number of methoxy groups -OCH3 is 1. The molecule has 2 rings (SSSR count). The van der Waals surface area contributed by atoms with Crippen molar-refractivity contribution in [3.63, 3.8) is 0 Å². The molecule has 24 heavy (non-hydrogen) atoms. The van der Waals surface area contributed by atoms with Crippen molar-refractivity contribution >= 4 is 17.6 Å². The van der Waals surface area contributed by atoms with E-state index in [0.717, 1.165) is 5.56 Å². The molecule has 0 heterocycles. The average Bonchev–Trinajstić information content (AvgIpc) is 2.61. The van der Waals surface area contributed by atoms with Crippen LogP contribution in [0.25, 0.3) is 0 Å². The van der Waals surface area contributed by atoms with Crippen molar-refractivity contribution in [1.82, 2.24) is 0 Å². The van der Waals surface area contributed by atoms with E-state index in [0.29, 0.717) is 23.4 Å². The number of carbonyl (C=O) groups excluding carboxylic acids is 2. The summed E-state index contributed by atoms with van der Waals surface area (Å²) in [6, 6.07) is 14.1. The Morgan fingerprint density at radius 3 is 2.21 bits per heavy atom. The van der Waals surface area contributed by atoms with Gasteiger partial charge in [-0.05, 0) is 49.7 Å². The van der Waals surface area contributed by atoms with Crippen molar-refractivity contribution in [2.75, 3.05) is 12.4 Å². The fourth-order valence-corrected chi connectivity index (χ4v) is 2.13. The van der Waals surface area contributed by atoms with Gasteiger partial charge in [0.2, 0.25) is 0 Å². The van der Waals surface area contributed by atoms with Gasteiger partial charge in [-0.1, -0.05) is 24.6 Å². The van der Waals surface area contributed by atoms with Crippen molar-refractivity contribution < 1.29 is 19.1 Å². The number of benzene rings is 2. The number of esters is 1. The Balaban J connectivity index is 2.00. The molecule has 2 aromatic carbocycles. The van der Waals surface area contributed by atoms with Crippen LogP contribution in [0.5, 0.6) is 5.75 Å². The summed E-state index contributed by atoms with van der Waals surface area (Å²) in [6.45, 7) is 3.88. The number of hydrogen-bond acceptors (Lipinski definition) is 4. The normalized spacial score (nSPS) is 11.5. The third-order valence-electron chi connectivity index (χ3n) is 3.54. The zero-order chi connectivity index (χ0) is 17.5. The summed E-state index contributed by atoms with van der Waals surface area (Å²) in [4.78, 5) is 23.8. The molecule has 5 nitrogen and oxygen atoms in total. The van der Waals surface area contributed by atoms with Gasteiger partial charge in [0.15, 0.2) is 6.10 Å². The minimum atomic E-state index is -0.590. The third kappa shape index (κ3) is 4.59. The number of rotatable bonds is 6. The van der Waals surface area contributed by atoms with Crippen molar-refractivity contribution in [2.24, 2.45) is 0 Å². The SMILES string of the molecule is CC[C@H](Oc1ccc(C)cc1)C(=O)Nc1ccc(C(=O)OC)cc1. The molecule has 1 N–H and O–H groups in total. The Bertz CT molecular complexity index is 692. The molecular formula is C19H21NO4. The van der Waals surface area contributed by atoms with Gasteiger partial charge in [-0.2, -0.15) is 0 Å². The highest BCUT2D eigenvalue weighted by atomic mass is 16.5. The molecule has 2 aromatic rings. The van der Waals surface area contributed by atoms with Gasteiger partial charge in [-0.15, -0.1) is 0 Å². The molecule has 0 aliphatic heterocycles. The van der Waals surface area contributed by atoms with E-state index < -0.39 is 12.1 Å². The van der Waals surface area contributed by atoms with Crippen molar-refractivity contribution in [3.8, 4) is 5.75 Å². The highest BCUT2D eigenvalue weighted by molar-refractivity contribution is 5.95. The van der Waals surface area contributed by atoms with E-state index in [2.05, 4.69) is 10.1 Å². The summed E-state index contributed by atoms with van der Waals surface area (Å²) >= 11 is 0. The number of ether oxygens (including phenoxy) is 2. The lowest BCUT2D eigenvalue weighted by atomic mass is 10.2. The van der Waals surface area contributed by atoms with Gasteiger partial charge in [0.25, 0.3) is 5.91 Å². The van der Waals surface area contributed by atoms with Crippen LogP contribution in [-0.2, 0) is 9.53 Å². The van der Waals surface area contributed by atoms with Crippen LogP contribution in [0.1, 0.15) is 29.3 Å². The first-order chi connectivity index (χ1) is 11.5. The molecule has 126 valence electrons. The van der Waals surface area contributed by atoms with Crippen molar-refractivity contribution in [2.45, 2.75) is 26.4 Å². The molecule has 0 radical (unpaired) electrons. The van der Waals surface area contributed by atoms with Crippen LogP contribution >= 0.6 is 0 Å². The van der Waals surface area contributed by atoms with Crippen LogP contribution in [0.2, 0.25) is 0 Å². The lowest BCUT2D eigenvalue weighted by molar-refractivity contribution is -0.122. The smallest absolute Gasteiger partial charge is 0.337 e. The Labute approximate surface area is 141 Å². The van der Waals surface area contributed by atoms with E-state index in [1.165, 1.54) is 7.11 Å². The molecule has 0 unspecified atom stereocenters. The van der Waals surface area contributed by atoms with Crippen LogP contribution in [-0.4, -0.2) is 25.1 Å². The van der Waals surface area contributed by atoms with Gasteiger partial charge in [-0.3, -0.25) is 4.79 Å². The van der Waals surface area contributed by atoms with Gasteiger partial charge in [0.05, 0.1) is 12.7 Å². The molecule has 0 aliphatic carbocycles. The highest BCUT2D eigenvalue weighted by Crippen LogP contribution is 2.16. The van der Waals surface area contributed by atoms with Gasteiger partial charge < -0.3 is 14.8 Å². The Morgan fingerprint density at radius 1 is 1.04 bits per heavy atom. The van der Waals surface area contributed by atoms with Crippen LogP contribution in [0, 0.1) is 6.92 Å². The summed E-state index contributed by atoms with van der Waals surface area (Å²) in [6.07, 6.45) is -0.0482. The van der Waals surface area contributed by atoms with E-state index in [1.54, 1.807) is 24.3 Å². The summed E-state index contributed by atoms with van der Waals surface area (Å²) in [7, 11) is 1.33.